The molecule has 0 unspecified atom stereocenters. The van der Waals surface area contributed by atoms with Crippen molar-refractivity contribution < 1.29 is 19.1 Å². The number of hydrogen-bond acceptors (Lipinski definition) is 3. The number of carbonyl (C=O) groups excluding carboxylic acids is 2. The average Bonchev–Trinajstić information content (AvgIpc) is 2.76. The summed E-state index contributed by atoms with van der Waals surface area (Å²) in [7, 11) is 0. The van der Waals surface area contributed by atoms with Gasteiger partial charge in [-0.05, 0) is 73.4 Å². The van der Waals surface area contributed by atoms with Crippen LogP contribution in [0.1, 0.15) is 54.4 Å². The van der Waals surface area contributed by atoms with E-state index in [9.17, 15) is 19.1 Å². The first kappa shape index (κ1) is 22.5. The molecule has 0 saturated carbocycles. The second-order valence-corrected chi connectivity index (χ2v) is 9.56. The average molecular weight is 439 g/mol. The topological polar surface area (TPSA) is 69.6 Å². The van der Waals surface area contributed by atoms with Gasteiger partial charge in [-0.15, -0.1) is 0 Å². The molecule has 2 fully saturated rings. The van der Waals surface area contributed by atoms with Crippen LogP contribution in [0.5, 0.6) is 0 Å². The Labute approximate surface area is 188 Å². The molecule has 6 heteroatoms. The van der Waals surface area contributed by atoms with E-state index < -0.39 is 5.60 Å². The Balaban J connectivity index is 1.55. The molecule has 5 nitrogen and oxygen atoms in total. The van der Waals surface area contributed by atoms with E-state index >= 15 is 0 Å². The molecule has 0 bridgehead atoms. The molecule has 2 amide bonds. The number of amides is 2. The normalized spacial score (nSPS) is 22.3. The Bertz CT molecular complexity index is 1020. The highest BCUT2D eigenvalue weighted by atomic mass is 19.1. The van der Waals surface area contributed by atoms with Crippen molar-refractivity contribution in [3.05, 3.63) is 70.5 Å². The highest BCUT2D eigenvalue weighted by Gasteiger charge is 2.48. The molecule has 2 N–H and O–H groups in total. The third kappa shape index (κ3) is 3.92. The molecular weight excluding hydrogens is 407 g/mol. The van der Waals surface area contributed by atoms with Gasteiger partial charge in [0, 0.05) is 32.0 Å². The first-order chi connectivity index (χ1) is 15.1. The second-order valence-electron chi connectivity index (χ2n) is 9.56. The maximum Gasteiger partial charge on any atom is 0.258 e. The van der Waals surface area contributed by atoms with Crippen LogP contribution in [0.3, 0.4) is 0 Å². The number of rotatable bonds is 3. The standard InChI is InChI=1S/C26H31FN2O3/c1-17-5-4-6-21(18(17)2)25(3,32)24(31)29-13-11-26(12-14-29)15-23(30)28-16-22(26)19-7-9-20(27)10-8-19/h4-10,22,32H,11-16H2,1-3H3,(H,28,30)/t22-,25-/m0/s1. The summed E-state index contributed by atoms with van der Waals surface area (Å²) in [6.45, 7) is 6.92. The van der Waals surface area contributed by atoms with E-state index in [4.69, 9.17) is 0 Å². The van der Waals surface area contributed by atoms with Crippen LogP contribution in [0.4, 0.5) is 4.39 Å². The predicted molar refractivity (Wildman–Crippen MR) is 121 cm³/mol. The van der Waals surface area contributed by atoms with E-state index in [0.29, 0.717) is 44.5 Å². The fourth-order valence-electron chi connectivity index (χ4n) is 5.49. The molecule has 2 aliphatic rings. The van der Waals surface area contributed by atoms with E-state index in [-0.39, 0.29) is 29.0 Å². The summed E-state index contributed by atoms with van der Waals surface area (Å²) in [5.74, 6) is -0.500. The summed E-state index contributed by atoms with van der Waals surface area (Å²) in [6.07, 6.45) is 1.72. The van der Waals surface area contributed by atoms with E-state index in [1.165, 1.54) is 12.1 Å². The van der Waals surface area contributed by atoms with Crippen LogP contribution >= 0.6 is 0 Å². The Morgan fingerprint density at radius 2 is 1.81 bits per heavy atom. The molecule has 4 rings (SSSR count). The van der Waals surface area contributed by atoms with Gasteiger partial charge in [-0.1, -0.05) is 30.3 Å². The molecule has 2 aliphatic heterocycles. The lowest BCUT2D eigenvalue weighted by molar-refractivity contribution is -0.154. The second kappa shape index (κ2) is 8.32. The van der Waals surface area contributed by atoms with Gasteiger partial charge >= 0.3 is 0 Å². The van der Waals surface area contributed by atoms with Crippen molar-refractivity contribution in [1.82, 2.24) is 10.2 Å². The monoisotopic (exact) mass is 438 g/mol. The molecule has 2 atom stereocenters. The van der Waals surface area contributed by atoms with Crippen LogP contribution in [0.15, 0.2) is 42.5 Å². The van der Waals surface area contributed by atoms with Crippen molar-refractivity contribution in [2.24, 2.45) is 5.41 Å². The van der Waals surface area contributed by atoms with Crippen LogP contribution in [0.25, 0.3) is 0 Å². The minimum absolute atomic E-state index is 0.0190. The number of nitrogens with one attached hydrogen (secondary N) is 1. The Morgan fingerprint density at radius 3 is 2.47 bits per heavy atom. The van der Waals surface area contributed by atoms with Gasteiger partial charge in [0.15, 0.2) is 5.60 Å². The zero-order chi connectivity index (χ0) is 23.1. The quantitative estimate of drug-likeness (QED) is 0.770. The fourth-order valence-corrected chi connectivity index (χ4v) is 5.49. The van der Waals surface area contributed by atoms with Gasteiger partial charge in [0.2, 0.25) is 5.91 Å². The minimum atomic E-state index is -1.61. The maximum absolute atomic E-state index is 13.5. The van der Waals surface area contributed by atoms with Gasteiger partial charge in [0.05, 0.1) is 0 Å². The van der Waals surface area contributed by atoms with Crippen LogP contribution in [-0.4, -0.2) is 41.5 Å². The molecule has 0 radical (unpaired) electrons. The summed E-state index contributed by atoms with van der Waals surface area (Å²) in [5, 5.41) is 14.2. The largest absolute Gasteiger partial charge is 0.376 e. The van der Waals surface area contributed by atoms with Crippen molar-refractivity contribution in [1.29, 1.82) is 0 Å². The van der Waals surface area contributed by atoms with E-state index in [0.717, 1.165) is 16.7 Å². The van der Waals surface area contributed by atoms with Gasteiger partial charge in [-0.3, -0.25) is 9.59 Å². The smallest absolute Gasteiger partial charge is 0.258 e. The molecular formula is C26H31FN2O3. The Hall–Kier alpha value is -2.73. The summed E-state index contributed by atoms with van der Waals surface area (Å²) in [4.78, 5) is 27.4. The van der Waals surface area contributed by atoms with Gasteiger partial charge in [-0.2, -0.15) is 0 Å². The van der Waals surface area contributed by atoms with Crippen LogP contribution in [-0.2, 0) is 15.2 Å². The molecule has 0 aliphatic carbocycles. The predicted octanol–water partition coefficient (Wildman–Crippen LogP) is 3.56. The number of nitrogens with zero attached hydrogens (tertiary/aromatic N) is 1. The lowest BCUT2D eigenvalue weighted by atomic mass is 9.62. The van der Waals surface area contributed by atoms with Crippen molar-refractivity contribution in [2.75, 3.05) is 19.6 Å². The van der Waals surface area contributed by atoms with E-state index in [2.05, 4.69) is 5.32 Å². The van der Waals surface area contributed by atoms with E-state index in [1.54, 1.807) is 24.0 Å². The maximum atomic E-state index is 13.5. The number of benzene rings is 2. The number of halogens is 1. The molecule has 0 aromatic heterocycles. The van der Waals surface area contributed by atoms with E-state index in [1.807, 2.05) is 32.0 Å². The summed E-state index contributed by atoms with van der Waals surface area (Å²) >= 11 is 0. The molecule has 1 spiro atoms. The number of hydrogen-bond donors (Lipinski definition) is 2. The molecule has 32 heavy (non-hydrogen) atoms. The number of aliphatic hydroxyl groups is 1. The van der Waals surface area contributed by atoms with Crippen molar-refractivity contribution in [3.8, 4) is 0 Å². The molecule has 2 aromatic carbocycles. The molecule has 2 aromatic rings. The number of piperidine rings is 2. The molecule has 2 saturated heterocycles. The first-order valence-corrected chi connectivity index (χ1v) is 11.2. The number of aryl methyl sites for hydroxylation is 1. The highest BCUT2D eigenvalue weighted by Crippen LogP contribution is 2.49. The van der Waals surface area contributed by atoms with Gasteiger partial charge in [0.25, 0.3) is 5.91 Å². The third-order valence-electron chi connectivity index (χ3n) is 7.62. The van der Waals surface area contributed by atoms with Gasteiger partial charge < -0.3 is 15.3 Å². The third-order valence-corrected chi connectivity index (χ3v) is 7.62. The van der Waals surface area contributed by atoms with Crippen molar-refractivity contribution >= 4 is 11.8 Å². The first-order valence-electron chi connectivity index (χ1n) is 11.2. The lowest BCUT2D eigenvalue weighted by Crippen LogP contribution is -2.55. The van der Waals surface area contributed by atoms with Gasteiger partial charge in [0.1, 0.15) is 5.82 Å². The Kier molecular flexibility index (Phi) is 5.84. The highest BCUT2D eigenvalue weighted by molar-refractivity contribution is 5.86. The van der Waals surface area contributed by atoms with Gasteiger partial charge in [-0.25, -0.2) is 4.39 Å². The number of likely N-dealkylation sites (tertiary alicyclic amines) is 1. The SMILES string of the molecule is Cc1cccc([C@](C)(O)C(=O)N2CCC3(CC2)CC(=O)NC[C@H]3c2ccc(F)cc2)c1C. The lowest BCUT2D eigenvalue weighted by Gasteiger charge is -2.49. The molecule has 2 heterocycles. The van der Waals surface area contributed by atoms with Crippen LogP contribution in [0.2, 0.25) is 0 Å². The van der Waals surface area contributed by atoms with Crippen LogP contribution < -0.4 is 5.32 Å². The zero-order valence-electron chi connectivity index (χ0n) is 19.0. The summed E-state index contributed by atoms with van der Waals surface area (Å²) < 4.78 is 13.5. The van der Waals surface area contributed by atoms with Crippen molar-refractivity contribution in [3.63, 3.8) is 0 Å². The summed E-state index contributed by atoms with van der Waals surface area (Å²) in [5.41, 5.74) is 1.70. The zero-order valence-corrected chi connectivity index (χ0v) is 19.0. The Morgan fingerprint density at radius 1 is 1.16 bits per heavy atom. The van der Waals surface area contributed by atoms with Crippen molar-refractivity contribution in [2.45, 2.75) is 51.6 Å². The number of carbonyl (C=O) groups is 2. The fraction of sp³-hybridized carbons (Fsp3) is 0.462. The molecule has 170 valence electrons. The minimum Gasteiger partial charge on any atom is -0.376 e. The summed E-state index contributed by atoms with van der Waals surface area (Å²) in [6, 6.07) is 12.1. The van der Waals surface area contributed by atoms with Crippen LogP contribution in [0, 0.1) is 25.1 Å².